The molecule has 1 saturated carbocycles. The van der Waals surface area contributed by atoms with E-state index < -0.39 is 0 Å². The van der Waals surface area contributed by atoms with Gasteiger partial charge in [0.15, 0.2) is 0 Å². The Morgan fingerprint density at radius 3 is 2.27 bits per heavy atom. The lowest BCUT2D eigenvalue weighted by molar-refractivity contribution is 0.233. The van der Waals surface area contributed by atoms with Gasteiger partial charge in [0.05, 0.1) is 0 Å². The van der Waals surface area contributed by atoms with Gasteiger partial charge in [-0.3, -0.25) is 0 Å². The summed E-state index contributed by atoms with van der Waals surface area (Å²) in [5.41, 5.74) is 9.00. The van der Waals surface area contributed by atoms with E-state index in [9.17, 15) is 0 Å². The van der Waals surface area contributed by atoms with Crippen molar-refractivity contribution in [3.8, 4) is 0 Å². The molecule has 5 atom stereocenters. The summed E-state index contributed by atoms with van der Waals surface area (Å²) in [4.78, 5) is 5.53. The molecule has 1 saturated heterocycles. The first-order valence-electron chi connectivity index (χ1n) is 17.4. The highest BCUT2D eigenvalue weighted by atomic mass is 15.2. The van der Waals surface area contributed by atoms with Crippen LogP contribution in [0.15, 0.2) is 30.9 Å². The van der Waals surface area contributed by atoms with Crippen molar-refractivity contribution in [2.75, 3.05) is 39.3 Å². The molecule has 0 amide bonds. The van der Waals surface area contributed by atoms with Crippen LogP contribution >= 0.6 is 0 Å². The van der Waals surface area contributed by atoms with Crippen molar-refractivity contribution in [2.24, 2.45) is 17.8 Å². The first kappa shape index (κ1) is 31.6. The smallest absolute Gasteiger partial charge is 0.0109 e. The minimum Gasteiger partial charge on any atom is -0.302 e. The van der Waals surface area contributed by atoms with Crippen LogP contribution < -0.4 is 0 Å². The zero-order valence-electron chi connectivity index (χ0n) is 26.8. The van der Waals surface area contributed by atoms with Crippen molar-refractivity contribution in [3.05, 3.63) is 53.1 Å². The zero-order chi connectivity index (χ0) is 28.3. The van der Waals surface area contributed by atoms with Gasteiger partial charge in [-0.25, -0.2) is 0 Å². The molecule has 40 heavy (non-hydrogen) atoms. The summed E-state index contributed by atoms with van der Waals surface area (Å²) in [6.45, 7) is 23.9. The van der Waals surface area contributed by atoms with Crippen LogP contribution in [0.2, 0.25) is 0 Å². The molecule has 0 N–H and O–H groups in total. The van der Waals surface area contributed by atoms with E-state index in [0.717, 1.165) is 30.6 Å². The minimum absolute atomic E-state index is 0.786. The number of fused-ring (bicyclic) bond motifs is 5. The van der Waals surface area contributed by atoms with Gasteiger partial charge in [0.25, 0.3) is 0 Å². The quantitative estimate of drug-likeness (QED) is 0.339. The molecule has 5 unspecified atom stereocenters. The van der Waals surface area contributed by atoms with Gasteiger partial charge < -0.3 is 9.80 Å². The average Bonchev–Trinajstić information content (AvgIpc) is 3.20. The van der Waals surface area contributed by atoms with E-state index in [-0.39, 0.29) is 0 Å². The van der Waals surface area contributed by atoms with Gasteiger partial charge in [-0.1, -0.05) is 76.8 Å². The summed E-state index contributed by atoms with van der Waals surface area (Å²) in [6, 6.07) is 4.93. The van der Waals surface area contributed by atoms with E-state index in [1.54, 1.807) is 16.7 Å². The summed E-state index contributed by atoms with van der Waals surface area (Å²) < 4.78 is 0. The normalized spacial score (nSPS) is 29.7. The Kier molecular flexibility index (Phi) is 12.9. The average molecular weight is 547 g/mol. The number of aryl methyl sites for hydroxylation is 2. The molecule has 4 rings (SSSR count). The Bertz CT molecular complexity index is 945. The molecule has 0 spiro atoms. The molecule has 4 bridgehead atoms. The van der Waals surface area contributed by atoms with Gasteiger partial charge in [-0.2, -0.15) is 0 Å². The van der Waals surface area contributed by atoms with Crippen molar-refractivity contribution in [2.45, 2.75) is 124 Å². The van der Waals surface area contributed by atoms with Gasteiger partial charge in [0.1, 0.15) is 0 Å². The maximum Gasteiger partial charge on any atom is 0.0109 e. The van der Waals surface area contributed by atoms with Crippen molar-refractivity contribution in [1.29, 1.82) is 0 Å². The Labute approximate surface area is 248 Å². The standard InChI is InChI=1S/C38H62N2/c1-6-33-16-12-18-35(28-33)31(4)26-34-15-8-9-17-36-29-37(27-32(5)38(36)7-2)30(3)14-10-11-20-39-21-13-22-40(23-19-34)25-24-39/h27,29,33-35H,3-4,6-26,28H2,1-2,5H3. The molecule has 0 aromatic heterocycles. The van der Waals surface area contributed by atoms with Crippen LogP contribution in [-0.4, -0.2) is 49.1 Å². The third kappa shape index (κ3) is 9.32. The van der Waals surface area contributed by atoms with E-state index in [1.807, 2.05) is 0 Å². The molecular formula is C38H62N2. The molecule has 2 nitrogen and oxygen atoms in total. The topological polar surface area (TPSA) is 6.48 Å². The summed E-state index contributed by atoms with van der Waals surface area (Å²) in [5, 5.41) is 0. The van der Waals surface area contributed by atoms with Crippen molar-refractivity contribution < 1.29 is 0 Å². The second-order valence-corrected chi connectivity index (χ2v) is 13.8. The van der Waals surface area contributed by atoms with Crippen LogP contribution in [0, 0.1) is 24.7 Å². The molecular weight excluding hydrogens is 484 g/mol. The lowest BCUT2D eigenvalue weighted by atomic mass is 9.74. The third-order valence-electron chi connectivity index (χ3n) is 10.9. The molecule has 1 aliphatic carbocycles. The van der Waals surface area contributed by atoms with Crippen molar-refractivity contribution in [3.63, 3.8) is 0 Å². The summed E-state index contributed by atoms with van der Waals surface area (Å²) in [7, 11) is 0. The molecule has 2 heteroatoms. The molecule has 1 aromatic rings. The molecule has 2 heterocycles. The van der Waals surface area contributed by atoms with Gasteiger partial charge >= 0.3 is 0 Å². The van der Waals surface area contributed by atoms with E-state index in [0.29, 0.717) is 0 Å². The first-order valence-corrected chi connectivity index (χ1v) is 17.4. The number of nitrogens with zero attached hydrogens (tertiary/aromatic N) is 2. The highest BCUT2D eigenvalue weighted by Gasteiger charge is 2.25. The zero-order valence-corrected chi connectivity index (χ0v) is 26.8. The largest absolute Gasteiger partial charge is 0.302 e. The highest BCUT2D eigenvalue weighted by molar-refractivity contribution is 5.65. The van der Waals surface area contributed by atoms with Crippen LogP contribution in [0.5, 0.6) is 0 Å². The molecule has 1 aromatic carbocycles. The first-order chi connectivity index (χ1) is 19.5. The summed E-state index contributed by atoms with van der Waals surface area (Å²) in [5.74, 6) is 2.52. The number of rotatable bonds is 5. The predicted octanol–water partition coefficient (Wildman–Crippen LogP) is 9.64. The van der Waals surface area contributed by atoms with Gasteiger partial charge in [0, 0.05) is 13.1 Å². The second kappa shape index (κ2) is 16.3. The van der Waals surface area contributed by atoms with E-state index in [2.05, 4.69) is 49.3 Å². The number of allylic oxidation sites excluding steroid dienone is 2. The molecule has 0 radical (unpaired) electrons. The SMILES string of the molecule is C=C1CCCCN2CCCN(CCC(CC(=C)C3CCCC(CC)C3)CCCCc3cc1cc(C)c3CC)CC2. The van der Waals surface area contributed by atoms with E-state index in [1.165, 1.54) is 146 Å². The fourth-order valence-electron chi connectivity index (χ4n) is 8.15. The Morgan fingerprint density at radius 1 is 0.775 bits per heavy atom. The monoisotopic (exact) mass is 546 g/mol. The molecule has 3 aliphatic rings. The van der Waals surface area contributed by atoms with Crippen LogP contribution in [0.3, 0.4) is 0 Å². The lowest BCUT2D eigenvalue weighted by Gasteiger charge is -2.32. The van der Waals surface area contributed by atoms with Gasteiger partial charge in [0.2, 0.25) is 0 Å². The molecule has 224 valence electrons. The van der Waals surface area contributed by atoms with Crippen LogP contribution in [0.1, 0.15) is 126 Å². The second-order valence-electron chi connectivity index (χ2n) is 13.8. The summed E-state index contributed by atoms with van der Waals surface area (Å²) in [6.07, 6.45) is 21.1. The Morgan fingerprint density at radius 2 is 1.50 bits per heavy atom. The number of hydrogen-bond donors (Lipinski definition) is 0. The van der Waals surface area contributed by atoms with Crippen LogP contribution in [0.4, 0.5) is 0 Å². The Balaban J connectivity index is 1.46. The number of hydrogen-bond acceptors (Lipinski definition) is 2. The molecule has 2 aliphatic heterocycles. The van der Waals surface area contributed by atoms with E-state index >= 15 is 0 Å². The van der Waals surface area contributed by atoms with Crippen molar-refractivity contribution >= 4 is 5.57 Å². The van der Waals surface area contributed by atoms with Gasteiger partial charge in [-0.15, -0.1) is 0 Å². The maximum atomic E-state index is 4.74. The van der Waals surface area contributed by atoms with Crippen molar-refractivity contribution in [1.82, 2.24) is 9.80 Å². The van der Waals surface area contributed by atoms with Crippen LogP contribution in [0.25, 0.3) is 5.57 Å². The fraction of sp³-hybridized carbons (Fsp3) is 0.737. The minimum atomic E-state index is 0.786. The van der Waals surface area contributed by atoms with E-state index in [4.69, 9.17) is 6.58 Å². The van der Waals surface area contributed by atoms with Gasteiger partial charge in [-0.05, 0) is 149 Å². The highest BCUT2D eigenvalue weighted by Crippen LogP contribution is 2.38. The predicted molar refractivity (Wildman–Crippen MR) is 176 cm³/mol. The molecule has 2 fully saturated rings. The lowest BCUT2D eigenvalue weighted by Crippen LogP contribution is -2.32. The maximum absolute atomic E-state index is 4.74. The number of benzene rings is 1. The van der Waals surface area contributed by atoms with Crippen LogP contribution in [-0.2, 0) is 12.8 Å². The fourth-order valence-corrected chi connectivity index (χ4v) is 8.15. The summed E-state index contributed by atoms with van der Waals surface area (Å²) >= 11 is 0. The third-order valence-corrected chi connectivity index (χ3v) is 10.9. The Hall–Kier alpha value is -1.38.